The molecule has 0 bridgehead atoms. The van der Waals surface area contributed by atoms with Crippen LogP contribution in [0, 0.1) is 11.2 Å². The van der Waals surface area contributed by atoms with Crippen molar-refractivity contribution in [2.45, 2.75) is 38.1 Å². The molecule has 10 nitrogen and oxygen atoms in total. The lowest BCUT2D eigenvalue weighted by molar-refractivity contribution is -0.118. The summed E-state index contributed by atoms with van der Waals surface area (Å²) in [5.41, 5.74) is 12.6. The van der Waals surface area contributed by atoms with Gasteiger partial charge in [-0.25, -0.2) is 14.4 Å². The fourth-order valence-electron chi connectivity index (χ4n) is 7.46. The Bertz CT molecular complexity index is 1710. The lowest BCUT2D eigenvalue weighted by atomic mass is 9.73. The van der Waals surface area contributed by atoms with Gasteiger partial charge in [0.25, 0.3) is 0 Å². The van der Waals surface area contributed by atoms with Crippen molar-refractivity contribution in [2.75, 3.05) is 48.0 Å². The maximum absolute atomic E-state index is 14.7. The number of carbonyl (C=O) groups is 1. The van der Waals surface area contributed by atoms with Gasteiger partial charge >= 0.3 is 0 Å². The van der Waals surface area contributed by atoms with Gasteiger partial charge in [-0.3, -0.25) is 9.89 Å². The molecule has 1 aliphatic carbocycles. The second kappa shape index (κ2) is 8.87. The van der Waals surface area contributed by atoms with Crippen molar-refractivity contribution >= 4 is 40.1 Å². The van der Waals surface area contributed by atoms with Gasteiger partial charge in [-0.15, -0.1) is 0 Å². The van der Waals surface area contributed by atoms with E-state index in [-0.39, 0.29) is 23.2 Å². The molecular formula is C30H31FN8O2. The molecule has 11 heteroatoms. The molecule has 4 aromatic rings. The van der Waals surface area contributed by atoms with E-state index in [1.165, 1.54) is 17.2 Å². The monoisotopic (exact) mass is 554 g/mol. The largest absolute Gasteiger partial charge is 0.496 e. The number of anilines is 4. The Morgan fingerprint density at radius 2 is 1.90 bits per heavy atom. The van der Waals surface area contributed by atoms with Crippen LogP contribution in [0.25, 0.3) is 11.2 Å². The number of nitrogens with two attached hydrogens (primary N) is 1. The summed E-state index contributed by atoms with van der Waals surface area (Å²) in [4.78, 5) is 28.3. The molecule has 41 heavy (non-hydrogen) atoms. The van der Waals surface area contributed by atoms with Crippen LogP contribution < -0.4 is 25.2 Å². The Labute approximate surface area is 236 Å². The van der Waals surface area contributed by atoms with E-state index >= 15 is 0 Å². The number of H-pyrrole nitrogens is 1. The predicted molar refractivity (Wildman–Crippen MR) is 153 cm³/mol. The molecule has 1 spiro atoms. The maximum atomic E-state index is 14.7. The summed E-state index contributed by atoms with van der Waals surface area (Å²) in [6.07, 6.45) is 5.40. The quantitative estimate of drug-likeness (QED) is 0.393. The number of aromatic nitrogens is 4. The second-order valence-electron chi connectivity index (χ2n) is 11.6. The Morgan fingerprint density at radius 1 is 1.07 bits per heavy atom. The number of halogens is 1. The van der Waals surface area contributed by atoms with Crippen LogP contribution in [0.1, 0.15) is 42.0 Å². The van der Waals surface area contributed by atoms with Crippen molar-refractivity contribution in [3.05, 3.63) is 59.0 Å². The van der Waals surface area contributed by atoms with Gasteiger partial charge in [0.15, 0.2) is 17.0 Å². The molecule has 0 radical (unpaired) electrons. The molecule has 3 aliphatic heterocycles. The third kappa shape index (κ3) is 3.51. The fraction of sp³-hybridized carbons (Fsp3) is 0.400. The summed E-state index contributed by atoms with van der Waals surface area (Å²) in [7, 11) is 1.72. The van der Waals surface area contributed by atoms with Gasteiger partial charge in [0.1, 0.15) is 17.4 Å². The highest BCUT2D eigenvalue weighted by Gasteiger charge is 2.47. The first kappa shape index (κ1) is 24.5. The SMILES string of the molecule is COc1cccc2c1CC1(CCN(c3cnc4c(N5CCN6C(=O)CCc7c(F)ccc5c76)n[nH]c4n3)CC1)[C@@H]2N. The molecule has 0 unspecified atom stereocenters. The summed E-state index contributed by atoms with van der Waals surface area (Å²) in [6.45, 7) is 2.68. The number of methoxy groups -OCH3 is 1. The Balaban J connectivity index is 1.05. The highest BCUT2D eigenvalue weighted by Crippen LogP contribution is 2.53. The smallest absolute Gasteiger partial charge is 0.227 e. The molecule has 1 fully saturated rings. The number of ether oxygens (including phenoxy) is 1. The Hall–Kier alpha value is -4.25. The van der Waals surface area contributed by atoms with E-state index in [1.807, 2.05) is 23.2 Å². The lowest BCUT2D eigenvalue weighted by Gasteiger charge is -2.42. The molecular weight excluding hydrogens is 523 g/mol. The summed E-state index contributed by atoms with van der Waals surface area (Å²) in [6, 6.07) is 9.39. The minimum absolute atomic E-state index is 0.00792. The highest BCUT2D eigenvalue weighted by molar-refractivity contribution is 6.03. The van der Waals surface area contributed by atoms with E-state index in [9.17, 15) is 9.18 Å². The average Bonchev–Trinajstić information content (AvgIpc) is 3.54. The van der Waals surface area contributed by atoms with Crippen molar-refractivity contribution in [3.8, 4) is 5.75 Å². The van der Waals surface area contributed by atoms with E-state index in [1.54, 1.807) is 18.1 Å². The van der Waals surface area contributed by atoms with Crippen molar-refractivity contribution in [2.24, 2.45) is 11.1 Å². The molecule has 2 aromatic heterocycles. The lowest BCUT2D eigenvalue weighted by Crippen LogP contribution is -2.45. The minimum Gasteiger partial charge on any atom is -0.496 e. The first-order chi connectivity index (χ1) is 20.0. The Kier molecular flexibility index (Phi) is 5.31. The summed E-state index contributed by atoms with van der Waals surface area (Å²) in [5.74, 6) is 2.12. The Morgan fingerprint density at radius 3 is 2.73 bits per heavy atom. The standard InChI is InChI=1S/C30H31FN8O2/c1-41-22-4-2-3-17-19(22)15-30(27(17)32)9-11-37(12-10-30)23-16-33-25-28(34-23)35-36-29(25)38-13-14-39-24(40)8-5-18-20(31)6-7-21(38)26(18)39/h2-4,6-7,16,27H,5,8-15,32H2,1H3,(H,34,35,36)/t27-/m1/s1. The number of piperidine rings is 1. The normalized spacial score (nSPS) is 21.0. The molecule has 5 heterocycles. The van der Waals surface area contributed by atoms with Gasteiger partial charge in [-0.1, -0.05) is 12.1 Å². The molecule has 3 N–H and O–H groups in total. The summed E-state index contributed by atoms with van der Waals surface area (Å²) in [5, 5.41) is 7.65. The van der Waals surface area contributed by atoms with Crippen LogP contribution in [-0.4, -0.2) is 59.4 Å². The first-order valence-electron chi connectivity index (χ1n) is 14.2. The maximum Gasteiger partial charge on any atom is 0.227 e. The van der Waals surface area contributed by atoms with Gasteiger partial charge in [0.2, 0.25) is 5.91 Å². The number of hydrogen-bond acceptors (Lipinski definition) is 8. The number of hydrogen-bond donors (Lipinski definition) is 2. The van der Waals surface area contributed by atoms with E-state index in [0.717, 1.165) is 49.6 Å². The van der Waals surface area contributed by atoms with E-state index in [4.69, 9.17) is 20.4 Å². The van der Waals surface area contributed by atoms with Crippen molar-refractivity contribution < 1.29 is 13.9 Å². The number of carbonyl (C=O) groups excluding carboxylic acids is 1. The third-order valence-electron chi connectivity index (χ3n) is 9.69. The van der Waals surface area contributed by atoms with Crippen LogP contribution in [0.5, 0.6) is 5.75 Å². The van der Waals surface area contributed by atoms with Crippen LogP contribution in [0.3, 0.4) is 0 Å². The van der Waals surface area contributed by atoms with Crippen LogP contribution >= 0.6 is 0 Å². The van der Waals surface area contributed by atoms with Crippen LogP contribution in [0.4, 0.5) is 27.4 Å². The van der Waals surface area contributed by atoms with Gasteiger partial charge in [-0.2, -0.15) is 5.10 Å². The number of nitrogens with zero attached hydrogens (tertiary/aromatic N) is 6. The topological polar surface area (TPSA) is 116 Å². The third-order valence-corrected chi connectivity index (χ3v) is 9.69. The highest BCUT2D eigenvalue weighted by atomic mass is 19.1. The van der Waals surface area contributed by atoms with Crippen molar-refractivity contribution in [1.29, 1.82) is 0 Å². The zero-order valence-corrected chi connectivity index (χ0v) is 22.9. The van der Waals surface area contributed by atoms with Crippen LogP contribution in [0.2, 0.25) is 0 Å². The van der Waals surface area contributed by atoms with Gasteiger partial charge in [0.05, 0.1) is 24.7 Å². The number of fused-ring (bicyclic) bond motifs is 2. The van der Waals surface area contributed by atoms with E-state index in [2.05, 4.69) is 21.2 Å². The average molecular weight is 555 g/mol. The predicted octanol–water partition coefficient (Wildman–Crippen LogP) is 3.77. The zero-order valence-electron chi connectivity index (χ0n) is 22.9. The number of nitrogens with one attached hydrogen (secondary N) is 1. The molecule has 1 amide bonds. The summed E-state index contributed by atoms with van der Waals surface area (Å²) < 4.78 is 20.3. The van der Waals surface area contributed by atoms with Gasteiger partial charge in [-0.05, 0) is 60.4 Å². The molecule has 1 saturated heterocycles. The number of amides is 1. The fourth-order valence-corrected chi connectivity index (χ4v) is 7.46. The molecule has 4 aliphatic rings. The number of rotatable bonds is 3. The van der Waals surface area contributed by atoms with Crippen molar-refractivity contribution in [1.82, 2.24) is 20.2 Å². The molecule has 0 saturated carbocycles. The van der Waals surface area contributed by atoms with E-state index in [0.29, 0.717) is 54.2 Å². The zero-order chi connectivity index (χ0) is 27.9. The van der Waals surface area contributed by atoms with Crippen molar-refractivity contribution in [3.63, 3.8) is 0 Å². The van der Waals surface area contributed by atoms with E-state index < -0.39 is 0 Å². The van der Waals surface area contributed by atoms with Gasteiger partial charge < -0.3 is 25.2 Å². The van der Waals surface area contributed by atoms with Crippen LogP contribution in [0.15, 0.2) is 36.5 Å². The van der Waals surface area contributed by atoms with Gasteiger partial charge in [0, 0.05) is 44.2 Å². The van der Waals surface area contributed by atoms with Crippen LogP contribution in [-0.2, 0) is 17.6 Å². The minimum atomic E-state index is -0.274. The second-order valence-corrected chi connectivity index (χ2v) is 11.6. The molecule has 210 valence electrons. The number of benzene rings is 2. The molecule has 2 aromatic carbocycles. The summed E-state index contributed by atoms with van der Waals surface area (Å²) >= 11 is 0. The number of aromatic amines is 1. The molecule has 8 rings (SSSR count). The molecule has 1 atom stereocenters. The first-order valence-corrected chi connectivity index (χ1v) is 14.2.